The van der Waals surface area contributed by atoms with Gasteiger partial charge in [0.25, 0.3) is 0 Å². The van der Waals surface area contributed by atoms with Crippen LogP contribution in [-0.2, 0) is 4.74 Å². The molecule has 0 spiro atoms. The number of nitrogens with two attached hydrogens (primary N) is 1. The van der Waals surface area contributed by atoms with Gasteiger partial charge in [0, 0.05) is 18.6 Å². The van der Waals surface area contributed by atoms with Crippen molar-refractivity contribution in [2.45, 2.75) is 44.7 Å². The quantitative estimate of drug-likeness (QED) is 0.716. The molecule has 4 N–H and O–H groups in total. The summed E-state index contributed by atoms with van der Waals surface area (Å²) in [5, 5.41) is 13.3. The van der Waals surface area contributed by atoms with Crippen LogP contribution >= 0.6 is 0 Å². The van der Waals surface area contributed by atoms with Gasteiger partial charge in [-0.25, -0.2) is 4.98 Å². The Morgan fingerprint density at radius 1 is 1.52 bits per heavy atom. The van der Waals surface area contributed by atoms with Gasteiger partial charge >= 0.3 is 0 Å². The monoisotopic (exact) mass is 292 g/mol. The summed E-state index contributed by atoms with van der Waals surface area (Å²) in [4.78, 5) is 6.41. The van der Waals surface area contributed by atoms with E-state index in [4.69, 9.17) is 10.5 Å². The van der Waals surface area contributed by atoms with Crippen LogP contribution in [0, 0.1) is 5.92 Å². The summed E-state index contributed by atoms with van der Waals surface area (Å²) in [6.07, 6.45) is 1.95. The number of aliphatic hydroxyl groups excluding tert-OH is 1. The van der Waals surface area contributed by atoms with Gasteiger partial charge in [0.1, 0.15) is 5.82 Å². The Hall–Kier alpha value is -1.37. The Morgan fingerprint density at radius 3 is 2.90 bits per heavy atom. The molecule has 1 saturated carbocycles. The minimum atomic E-state index is -0.931. The van der Waals surface area contributed by atoms with E-state index in [1.165, 1.54) is 0 Å². The van der Waals surface area contributed by atoms with Crippen molar-refractivity contribution in [2.24, 2.45) is 5.92 Å². The first kappa shape index (κ1) is 14.6. The first-order valence-corrected chi connectivity index (χ1v) is 7.37. The summed E-state index contributed by atoms with van der Waals surface area (Å²) >= 11 is 0. The third-order valence-electron chi connectivity index (χ3n) is 4.16. The number of nitrogens with one attached hydrogen (secondary N) is 1. The van der Waals surface area contributed by atoms with Gasteiger partial charge in [-0.15, -0.1) is 0 Å². The summed E-state index contributed by atoms with van der Waals surface area (Å²) in [6, 6.07) is 3.81. The smallest absolute Gasteiger partial charge is 0.214 e. The molecule has 0 bridgehead atoms. The molecule has 2 fully saturated rings. The van der Waals surface area contributed by atoms with Crippen LogP contribution in [0.2, 0.25) is 0 Å². The molecule has 3 atom stereocenters. The predicted molar refractivity (Wildman–Crippen MR) is 81.7 cm³/mol. The molecule has 0 amide bonds. The second-order valence-electron chi connectivity index (χ2n) is 7.11. The SMILES string of the molecule is CC(C)(C)OC(O)NC12CC1CN(c1ccc(N)nc1)C2. The molecule has 1 saturated heterocycles. The second kappa shape index (κ2) is 4.83. The molecule has 21 heavy (non-hydrogen) atoms. The number of aliphatic hydroxyl groups is 1. The van der Waals surface area contributed by atoms with E-state index in [-0.39, 0.29) is 11.1 Å². The van der Waals surface area contributed by atoms with E-state index in [1.807, 2.05) is 32.9 Å². The molecule has 1 aromatic rings. The van der Waals surface area contributed by atoms with Crippen LogP contribution < -0.4 is 16.0 Å². The number of aromatic nitrogens is 1. The van der Waals surface area contributed by atoms with E-state index in [2.05, 4.69) is 15.2 Å². The maximum Gasteiger partial charge on any atom is 0.214 e. The summed E-state index contributed by atoms with van der Waals surface area (Å²) < 4.78 is 5.55. The van der Waals surface area contributed by atoms with Crippen LogP contribution in [0.3, 0.4) is 0 Å². The number of anilines is 2. The standard InChI is InChI=1S/C15H24N4O2/c1-14(2,3)21-13(20)18-15-6-10(15)8-19(9-15)11-4-5-12(16)17-7-11/h4-5,7,10,13,18,20H,6,8-9H2,1-3H3,(H2,16,17). The lowest BCUT2D eigenvalue weighted by Gasteiger charge is -2.29. The molecular weight excluding hydrogens is 268 g/mol. The number of ether oxygens (including phenoxy) is 1. The lowest BCUT2D eigenvalue weighted by atomic mass is 10.2. The third-order valence-corrected chi connectivity index (χ3v) is 4.16. The van der Waals surface area contributed by atoms with Gasteiger partial charge < -0.3 is 20.5 Å². The molecule has 3 rings (SSSR count). The van der Waals surface area contributed by atoms with E-state index in [1.54, 1.807) is 6.20 Å². The van der Waals surface area contributed by atoms with Crippen molar-refractivity contribution in [3.63, 3.8) is 0 Å². The Labute approximate surface area is 125 Å². The average molecular weight is 292 g/mol. The Balaban J connectivity index is 1.61. The average Bonchev–Trinajstić information content (AvgIpc) is 2.88. The number of hydrogen-bond donors (Lipinski definition) is 3. The summed E-state index contributed by atoms with van der Waals surface area (Å²) in [5.41, 5.74) is 6.29. The highest BCUT2D eigenvalue weighted by Crippen LogP contribution is 2.50. The van der Waals surface area contributed by atoms with Gasteiger partial charge in [0.05, 0.1) is 17.5 Å². The number of rotatable bonds is 4. The largest absolute Gasteiger partial charge is 0.384 e. The molecule has 6 nitrogen and oxygen atoms in total. The number of piperidine rings is 1. The van der Waals surface area contributed by atoms with Crippen molar-refractivity contribution >= 4 is 11.5 Å². The van der Waals surface area contributed by atoms with Crippen molar-refractivity contribution in [3.8, 4) is 0 Å². The van der Waals surface area contributed by atoms with E-state index < -0.39 is 6.41 Å². The zero-order chi connectivity index (χ0) is 15.3. The van der Waals surface area contributed by atoms with Crippen LogP contribution in [0.4, 0.5) is 11.5 Å². The second-order valence-corrected chi connectivity index (χ2v) is 7.11. The zero-order valence-electron chi connectivity index (χ0n) is 12.8. The number of nitrogen functional groups attached to an aromatic ring is 1. The lowest BCUT2D eigenvalue weighted by Crippen LogP contribution is -2.48. The fourth-order valence-corrected chi connectivity index (χ4v) is 3.10. The molecule has 0 aromatic carbocycles. The normalized spacial score (nSPS) is 29.3. The van der Waals surface area contributed by atoms with Crippen LogP contribution in [0.5, 0.6) is 0 Å². The fraction of sp³-hybridized carbons (Fsp3) is 0.667. The molecule has 2 aliphatic rings. The summed E-state index contributed by atoms with van der Waals surface area (Å²) in [7, 11) is 0. The highest BCUT2D eigenvalue weighted by atomic mass is 16.6. The molecule has 6 heteroatoms. The van der Waals surface area contributed by atoms with Gasteiger partial charge in [-0.2, -0.15) is 0 Å². The molecular formula is C15H24N4O2. The van der Waals surface area contributed by atoms with E-state index in [0.717, 1.165) is 25.2 Å². The number of nitrogens with zero attached hydrogens (tertiary/aromatic N) is 2. The minimum Gasteiger partial charge on any atom is -0.384 e. The Morgan fingerprint density at radius 2 is 2.29 bits per heavy atom. The molecule has 1 aliphatic heterocycles. The van der Waals surface area contributed by atoms with Crippen LogP contribution in [-0.4, -0.2) is 40.7 Å². The third kappa shape index (κ3) is 3.12. The zero-order valence-corrected chi connectivity index (χ0v) is 12.8. The molecule has 116 valence electrons. The van der Waals surface area contributed by atoms with Crippen LogP contribution in [0.1, 0.15) is 27.2 Å². The molecule has 3 unspecified atom stereocenters. The lowest BCUT2D eigenvalue weighted by molar-refractivity contribution is -0.186. The van der Waals surface area contributed by atoms with Crippen molar-refractivity contribution in [1.82, 2.24) is 10.3 Å². The first-order chi connectivity index (χ1) is 9.77. The maximum absolute atomic E-state index is 10.0. The van der Waals surface area contributed by atoms with Crippen LogP contribution in [0.15, 0.2) is 18.3 Å². The maximum atomic E-state index is 10.0. The predicted octanol–water partition coefficient (Wildman–Crippen LogP) is 0.923. The summed E-state index contributed by atoms with van der Waals surface area (Å²) in [6.45, 7) is 7.62. The van der Waals surface area contributed by atoms with Gasteiger partial charge in [-0.3, -0.25) is 5.32 Å². The van der Waals surface area contributed by atoms with Gasteiger partial charge in [0.2, 0.25) is 6.41 Å². The number of pyridine rings is 1. The topological polar surface area (TPSA) is 83.6 Å². The van der Waals surface area contributed by atoms with Crippen LogP contribution in [0.25, 0.3) is 0 Å². The van der Waals surface area contributed by atoms with E-state index in [0.29, 0.717) is 11.7 Å². The van der Waals surface area contributed by atoms with E-state index in [9.17, 15) is 5.11 Å². The van der Waals surface area contributed by atoms with Crippen molar-refractivity contribution < 1.29 is 9.84 Å². The molecule has 1 aromatic heterocycles. The number of fused-ring (bicyclic) bond motifs is 1. The Bertz CT molecular complexity index is 513. The molecule has 1 aliphatic carbocycles. The number of hydrogen-bond acceptors (Lipinski definition) is 6. The van der Waals surface area contributed by atoms with Gasteiger partial charge in [-0.05, 0) is 45.2 Å². The fourth-order valence-electron chi connectivity index (χ4n) is 3.10. The highest BCUT2D eigenvalue weighted by molar-refractivity contribution is 5.51. The van der Waals surface area contributed by atoms with Crippen molar-refractivity contribution in [1.29, 1.82) is 0 Å². The van der Waals surface area contributed by atoms with Crippen molar-refractivity contribution in [3.05, 3.63) is 18.3 Å². The molecule has 0 radical (unpaired) electrons. The molecule has 2 heterocycles. The van der Waals surface area contributed by atoms with Gasteiger partial charge in [-0.1, -0.05) is 0 Å². The first-order valence-electron chi connectivity index (χ1n) is 7.37. The van der Waals surface area contributed by atoms with Crippen molar-refractivity contribution in [2.75, 3.05) is 23.7 Å². The summed E-state index contributed by atoms with van der Waals surface area (Å²) in [5.74, 6) is 1.08. The van der Waals surface area contributed by atoms with Gasteiger partial charge in [0.15, 0.2) is 0 Å². The highest BCUT2D eigenvalue weighted by Gasteiger charge is 2.60. The Kier molecular flexibility index (Phi) is 3.35. The van der Waals surface area contributed by atoms with E-state index >= 15 is 0 Å². The minimum absolute atomic E-state index is 0.0357.